The van der Waals surface area contributed by atoms with Crippen LogP contribution in [0.5, 0.6) is 0 Å². The molecule has 1 aliphatic rings. The summed E-state index contributed by atoms with van der Waals surface area (Å²) < 4.78 is 5.45. The molecule has 1 fully saturated rings. The molecule has 1 atom stereocenters. The lowest BCUT2D eigenvalue weighted by molar-refractivity contribution is -0.140. The monoisotopic (exact) mass is 325 g/mol. The van der Waals surface area contributed by atoms with Crippen molar-refractivity contribution in [3.8, 4) is 0 Å². The molecule has 21 heavy (non-hydrogen) atoms. The van der Waals surface area contributed by atoms with Gasteiger partial charge in [0.1, 0.15) is 15.8 Å². The van der Waals surface area contributed by atoms with Gasteiger partial charge in [0.2, 0.25) is 0 Å². The summed E-state index contributed by atoms with van der Waals surface area (Å²) in [7, 11) is 1.41. The zero-order chi connectivity index (χ0) is 14.8. The molecule has 0 amide bonds. The molecule has 0 saturated carbocycles. The lowest BCUT2D eigenvalue weighted by Gasteiger charge is -2.30. The Morgan fingerprint density at radius 3 is 3.29 bits per heavy atom. The number of rotatable bonds is 3. The van der Waals surface area contributed by atoms with Crippen LogP contribution < -0.4 is 5.56 Å². The number of thiophene rings is 1. The normalized spacial score (nSPS) is 19.8. The fraction of sp³-hybridized carbons (Fsp3) is 0.462. The van der Waals surface area contributed by atoms with Gasteiger partial charge in [0.15, 0.2) is 0 Å². The van der Waals surface area contributed by atoms with E-state index >= 15 is 0 Å². The van der Waals surface area contributed by atoms with E-state index in [0.717, 1.165) is 17.8 Å². The van der Waals surface area contributed by atoms with Crippen molar-refractivity contribution >= 4 is 39.3 Å². The Labute approximate surface area is 129 Å². The molecule has 3 heterocycles. The van der Waals surface area contributed by atoms with Crippen LogP contribution in [0.2, 0.25) is 0 Å². The molecular weight excluding hydrogens is 310 g/mol. The number of methoxy groups -OCH3 is 1. The van der Waals surface area contributed by atoms with Gasteiger partial charge in [0.25, 0.3) is 5.56 Å². The first-order valence-electron chi connectivity index (χ1n) is 6.55. The predicted octanol–water partition coefficient (Wildman–Crippen LogP) is 1.07. The Hall–Kier alpha value is -1.38. The number of esters is 1. The number of nitrogens with one attached hydrogen (secondary N) is 1. The molecule has 1 aliphatic heterocycles. The summed E-state index contributed by atoms with van der Waals surface area (Å²) in [5, 5.41) is 1.70. The highest BCUT2D eigenvalue weighted by Crippen LogP contribution is 2.21. The van der Waals surface area contributed by atoms with E-state index in [2.05, 4.69) is 14.9 Å². The lowest BCUT2D eigenvalue weighted by Crippen LogP contribution is -2.41. The Morgan fingerprint density at radius 2 is 2.48 bits per heavy atom. The smallest absolute Gasteiger partial charge is 0.320 e. The quantitative estimate of drug-likeness (QED) is 0.851. The number of carbonyl (C=O) groups excluding carboxylic acids is 1. The lowest BCUT2D eigenvalue weighted by atomic mass is 10.3. The average Bonchev–Trinajstić information content (AvgIpc) is 2.95. The van der Waals surface area contributed by atoms with Gasteiger partial charge in [0.05, 0.1) is 19.2 Å². The van der Waals surface area contributed by atoms with Gasteiger partial charge in [-0.15, -0.1) is 23.1 Å². The highest BCUT2D eigenvalue weighted by Gasteiger charge is 2.27. The summed E-state index contributed by atoms with van der Waals surface area (Å²) in [6.07, 6.45) is 0. The maximum absolute atomic E-state index is 11.9. The van der Waals surface area contributed by atoms with Crippen LogP contribution in [0.15, 0.2) is 16.2 Å². The molecule has 0 spiro atoms. The first kappa shape index (κ1) is 14.6. The van der Waals surface area contributed by atoms with Gasteiger partial charge in [0, 0.05) is 18.8 Å². The minimum atomic E-state index is -0.195. The number of aromatic nitrogens is 2. The highest BCUT2D eigenvalue weighted by atomic mass is 32.2. The molecule has 0 bridgehead atoms. The van der Waals surface area contributed by atoms with Gasteiger partial charge in [-0.3, -0.25) is 14.5 Å². The van der Waals surface area contributed by atoms with Crippen molar-refractivity contribution in [3.63, 3.8) is 0 Å². The molecule has 0 aliphatic carbocycles. The second-order valence-electron chi connectivity index (χ2n) is 4.77. The summed E-state index contributed by atoms with van der Waals surface area (Å²) in [6, 6.07) is 1.85. The van der Waals surface area contributed by atoms with Gasteiger partial charge in [-0.05, 0) is 11.4 Å². The number of fused-ring (bicyclic) bond motifs is 1. The minimum Gasteiger partial charge on any atom is -0.468 e. The number of hydrogen-bond acceptors (Lipinski definition) is 7. The third kappa shape index (κ3) is 3.12. The Kier molecular flexibility index (Phi) is 4.27. The van der Waals surface area contributed by atoms with Crippen LogP contribution in [0.4, 0.5) is 0 Å². The number of H-pyrrole nitrogens is 1. The third-order valence-corrected chi connectivity index (χ3v) is 5.42. The molecule has 1 N–H and O–H groups in total. The Morgan fingerprint density at radius 1 is 1.62 bits per heavy atom. The molecular formula is C13H15N3O3S2. The second kappa shape index (κ2) is 6.17. The van der Waals surface area contributed by atoms with E-state index in [4.69, 9.17) is 4.74 Å². The molecule has 0 radical (unpaired) electrons. The number of nitrogens with zero attached hydrogens (tertiary/aromatic N) is 2. The molecule has 112 valence electrons. The summed E-state index contributed by atoms with van der Waals surface area (Å²) in [5.74, 6) is 1.31. The zero-order valence-corrected chi connectivity index (χ0v) is 13.1. The SMILES string of the molecule is COC(=O)[C@@H]1CN(Cc2nc3ccsc3c(=O)[nH]2)CCS1. The first-order chi connectivity index (χ1) is 10.2. The fourth-order valence-electron chi connectivity index (χ4n) is 2.33. The molecule has 8 heteroatoms. The van der Waals surface area contributed by atoms with Gasteiger partial charge in [-0.25, -0.2) is 4.98 Å². The molecule has 0 unspecified atom stereocenters. The average molecular weight is 325 g/mol. The maximum Gasteiger partial charge on any atom is 0.320 e. The molecule has 1 saturated heterocycles. The van der Waals surface area contributed by atoms with Crippen LogP contribution in [-0.4, -0.2) is 52.0 Å². The van der Waals surface area contributed by atoms with Crippen molar-refractivity contribution in [3.05, 3.63) is 27.6 Å². The van der Waals surface area contributed by atoms with Crippen molar-refractivity contribution in [2.45, 2.75) is 11.8 Å². The Bertz CT molecular complexity index is 712. The van der Waals surface area contributed by atoms with Crippen LogP contribution in [0.1, 0.15) is 5.82 Å². The van der Waals surface area contributed by atoms with Crippen molar-refractivity contribution in [1.82, 2.24) is 14.9 Å². The molecule has 2 aromatic heterocycles. The highest BCUT2D eigenvalue weighted by molar-refractivity contribution is 8.00. The van der Waals surface area contributed by atoms with E-state index in [0.29, 0.717) is 23.6 Å². The van der Waals surface area contributed by atoms with Crippen molar-refractivity contribution in [2.75, 3.05) is 26.0 Å². The van der Waals surface area contributed by atoms with E-state index in [1.807, 2.05) is 11.4 Å². The molecule has 6 nitrogen and oxygen atoms in total. The molecule has 2 aromatic rings. The fourth-order valence-corrected chi connectivity index (χ4v) is 4.25. The van der Waals surface area contributed by atoms with Crippen LogP contribution in [0.25, 0.3) is 10.2 Å². The summed E-state index contributed by atoms with van der Waals surface area (Å²) >= 11 is 3.00. The van der Waals surface area contributed by atoms with Crippen LogP contribution in [0, 0.1) is 0 Å². The van der Waals surface area contributed by atoms with Gasteiger partial charge in [-0.2, -0.15) is 0 Å². The second-order valence-corrected chi connectivity index (χ2v) is 6.99. The summed E-state index contributed by atoms with van der Waals surface area (Å²) in [5.41, 5.74) is 0.635. The number of aromatic amines is 1. The topological polar surface area (TPSA) is 75.3 Å². The van der Waals surface area contributed by atoms with E-state index in [-0.39, 0.29) is 16.8 Å². The van der Waals surface area contributed by atoms with Crippen LogP contribution >= 0.6 is 23.1 Å². The van der Waals surface area contributed by atoms with Crippen LogP contribution in [-0.2, 0) is 16.1 Å². The number of ether oxygens (including phenoxy) is 1. The summed E-state index contributed by atoms with van der Waals surface area (Å²) in [6.45, 7) is 2.02. The standard InChI is InChI=1S/C13H15N3O3S2/c1-19-13(18)9-6-16(3-5-20-9)7-10-14-8-2-4-21-11(8)12(17)15-10/h2,4,9H,3,5-7H2,1H3,(H,14,15,17)/t9-/m0/s1. The largest absolute Gasteiger partial charge is 0.468 e. The van der Waals surface area contributed by atoms with Crippen molar-refractivity contribution in [1.29, 1.82) is 0 Å². The molecule has 3 rings (SSSR count). The van der Waals surface area contributed by atoms with Gasteiger partial charge < -0.3 is 9.72 Å². The minimum absolute atomic E-state index is 0.0964. The summed E-state index contributed by atoms with van der Waals surface area (Å²) in [4.78, 5) is 33.0. The van der Waals surface area contributed by atoms with E-state index < -0.39 is 0 Å². The van der Waals surface area contributed by atoms with Gasteiger partial charge in [-0.1, -0.05) is 0 Å². The van der Waals surface area contributed by atoms with Crippen LogP contribution in [0.3, 0.4) is 0 Å². The first-order valence-corrected chi connectivity index (χ1v) is 8.48. The third-order valence-electron chi connectivity index (χ3n) is 3.35. The molecule has 0 aromatic carbocycles. The van der Waals surface area contributed by atoms with Crippen molar-refractivity contribution < 1.29 is 9.53 Å². The van der Waals surface area contributed by atoms with Gasteiger partial charge >= 0.3 is 5.97 Å². The number of thioether (sulfide) groups is 1. The van der Waals surface area contributed by atoms with Crippen molar-refractivity contribution in [2.24, 2.45) is 0 Å². The zero-order valence-electron chi connectivity index (χ0n) is 11.5. The van der Waals surface area contributed by atoms with E-state index in [1.54, 1.807) is 11.8 Å². The number of carbonyl (C=O) groups is 1. The Balaban J connectivity index is 1.75. The van der Waals surface area contributed by atoms with E-state index in [1.165, 1.54) is 18.4 Å². The van der Waals surface area contributed by atoms with E-state index in [9.17, 15) is 9.59 Å². The number of hydrogen-bond donors (Lipinski definition) is 1. The predicted molar refractivity (Wildman–Crippen MR) is 83.8 cm³/mol. The maximum atomic E-state index is 11.9.